The van der Waals surface area contributed by atoms with E-state index in [1.54, 1.807) is 0 Å². The number of aryl methyl sites for hydroxylation is 1. The Kier molecular flexibility index (Phi) is 10.2. The Morgan fingerprint density at radius 3 is 2.23 bits per heavy atom. The zero-order chi connectivity index (χ0) is 34.2. The molecule has 1 aromatic carbocycles. The lowest BCUT2D eigenvalue weighted by molar-refractivity contribution is -0.0385. The maximum Gasteiger partial charge on any atom is 0.248 e. The molecule has 0 bridgehead atoms. The molecule has 2 aromatic heterocycles. The molecule has 3 heterocycles. The van der Waals surface area contributed by atoms with Crippen molar-refractivity contribution in [1.29, 1.82) is 0 Å². The van der Waals surface area contributed by atoms with Crippen LogP contribution in [-0.4, -0.2) is 45.7 Å². The van der Waals surface area contributed by atoms with Gasteiger partial charge in [0.05, 0.1) is 18.4 Å². The van der Waals surface area contributed by atoms with E-state index in [1.807, 2.05) is 43.6 Å². The monoisotopic (exact) mass is 664 g/mol. The number of alkyl halides is 3. The second kappa shape index (κ2) is 14.1. The topological polar surface area (TPSA) is 71.4 Å². The van der Waals surface area contributed by atoms with Gasteiger partial charge in [0.1, 0.15) is 0 Å². The molecule has 9 heteroatoms. The van der Waals surface area contributed by atoms with Crippen molar-refractivity contribution in [3.05, 3.63) is 81.4 Å². The van der Waals surface area contributed by atoms with Gasteiger partial charge in [-0.15, -0.1) is 0 Å². The van der Waals surface area contributed by atoms with Gasteiger partial charge in [-0.1, -0.05) is 57.5 Å². The predicted molar refractivity (Wildman–Crippen MR) is 182 cm³/mol. The van der Waals surface area contributed by atoms with Crippen LogP contribution < -0.4 is 4.90 Å². The van der Waals surface area contributed by atoms with Gasteiger partial charge >= 0.3 is 0 Å². The molecule has 1 N–H and O–H groups in total. The van der Waals surface area contributed by atoms with Crippen LogP contribution in [0.4, 0.5) is 19.1 Å². The summed E-state index contributed by atoms with van der Waals surface area (Å²) in [5, 5.41) is 11.6. The number of aliphatic hydroxyl groups is 1. The van der Waals surface area contributed by atoms with Crippen LogP contribution in [0, 0.1) is 18.3 Å². The molecule has 1 saturated carbocycles. The summed E-state index contributed by atoms with van der Waals surface area (Å²) in [6.07, 6.45) is 4.06. The van der Waals surface area contributed by atoms with E-state index in [0.717, 1.165) is 40.9 Å². The first-order valence-corrected chi connectivity index (χ1v) is 17.8. The highest BCUT2D eigenvalue weighted by Crippen LogP contribution is 2.52. The van der Waals surface area contributed by atoms with Crippen molar-refractivity contribution in [1.82, 2.24) is 15.0 Å². The Hall–Kier alpha value is -3.04. The van der Waals surface area contributed by atoms with Gasteiger partial charge < -0.3 is 14.7 Å². The molecular weight excluding hydrogens is 613 g/mol. The number of pyridine rings is 1. The zero-order valence-electron chi connectivity index (χ0n) is 29.1. The number of rotatable bonds is 9. The molecule has 3 aliphatic rings. The molecule has 6 rings (SSSR count). The van der Waals surface area contributed by atoms with Crippen LogP contribution in [0.15, 0.2) is 36.7 Å². The fourth-order valence-electron chi connectivity index (χ4n) is 7.96. The summed E-state index contributed by atoms with van der Waals surface area (Å²) >= 11 is 0. The zero-order valence-corrected chi connectivity index (χ0v) is 29.1. The third kappa shape index (κ3) is 7.72. The highest BCUT2D eigenvalue weighted by Gasteiger charge is 2.43. The number of aromatic nitrogens is 3. The Bertz CT molecular complexity index is 1540. The summed E-state index contributed by atoms with van der Waals surface area (Å²) in [4.78, 5) is 16.7. The molecule has 0 spiro atoms. The summed E-state index contributed by atoms with van der Waals surface area (Å²) < 4.78 is 51.9. The van der Waals surface area contributed by atoms with Gasteiger partial charge in [0, 0.05) is 73.2 Å². The number of hydrogen-bond donors (Lipinski definition) is 1. The molecule has 0 amide bonds. The summed E-state index contributed by atoms with van der Waals surface area (Å²) in [5.41, 5.74) is 5.80. The van der Waals surface area contributed by atoms with E-state index in [0.29, 0.717) is 67.7 Å². The average molecular weight is 665 g/mol. The van der Waals surface area contributed by atoms with Gasteiger partial charge in [-0.3, -0.25) is 4.98 Å². The van der Waals surface area contributed by atoms with E-state index in [9.17, 15) is 13.9 Å². The van der Waals surface area contributed by atoms with Gasteiger partial charge in [0.25, 0.3) is 0 Å². The smallest absolute Gasteiger partial charge is 0.248 e. The highest BCUT2D eigenvalue weighted by atomic mass is 19.3. The number of halogens is 3. The van der Waals surface area contributed by atoms with Crippen molar-refractivity contribution in [3.63, 3.8) is 0 Å². The molecule has 260 valence electrons. The van der Waals surface area contributed by atoms with E-state index in [2.05, 4.69) is 42.6 Å². The second-order valence-electron chi connectivity index (χ2n) is 15.7. The fraction of sp³-hybridized carbons (Fsp3) is 0.615. The molecule has 6 nitrogen and oxygen atoms in total. The number of hydrogen-bond acceptors (Lipinski definition) is 6. The molecule has 48 heavy (non-hydrogen) atoms. The van der Waals surface area contributed by atoms with E-state index < -0.39 is 18.2 Å². The minimum Gasteiger partial charge on any atom is -0.388 e. The van der Waals surface area contributed by atoms with Crippen molar-refractivity contribution in [2.24, 2.45) is 11.3 Å². The maximum absolute atomic E-state index is 17.2. The predicted octanol–water partition coefficient (Wildman–Crippen LogP) is 9.09. The average Bonchev–Trinajstić information content (AvgIpc) is 3.04. The lowest BCUT2D eigenvalue weighted by atomic mass is 9.68. The summed E-state index contributed by atoms with van der Waals surface area (Å²) in [6.45, 7) is 13.0. The minimum atomic E-state index is -2.71. The van der Waals surface area contributed by atoms with Crippen molar-refractivity contribution in [2.45, 2.75) is 123 Å². The minimum absolute atomic E-state index is 0.0279. The number of anilines is 1. The Morgan fingerprint density at radius 2 is 1.60 bits per heavy atom. The molecule has 2 aliphatic carbocycles. The number of fused-ring (bicyclic) bond motifs is 1. The number of benzene rings is 1. The number of nitrogens with zero attached hydrogens (tertiary/aromatic N) is 4. The molecule has 2 atom stereocenters. The Labute approximate surface area is 283 Å². The quantitative estimate of drug-likeness (QED) is 0.246. The van der Waals surface area contributed by atoms with Gasteiger partial charge in [0.2, 0.25) is 11.9 Å². The van der Waals surface area contributed by atoms with Gasteiger partial charge in [-0.05, 0) is 73.8 Å². The third-order valence-corrected chi connectivity index (χ3v) is 10.5. The van der Waals surface area contributed by atoms with E-state index >= 15 is 4.39 Å². The largest absolute Gasteiger partial charge is 0.388 e. The van der Waals surface area contributed by atoms with Crippen molar-refractivity contribution in [2.75, 3.05) is 24.6 Å². The number of piperidine rings is 1. The standard InChI is InChI=1S/C39H51F3N4O2/c1-24(2)22-48-23-26-20-43-37(44-21-26)46-16-12-29(13-17-46)36-34(35(40)28-8-6-25(3)7-9-28)32(27-10-14-39(41,42)15-11-27)33-30(45-36)18-38(4,5)19-31(33)47/h6-9,20-21,24,27,29,31,35,47H,10-19,22-23H2,1-5H3/t31-,35-/m0/s1. The maximum atomic E-state index is 17.2. The van der Waals surface area contributed by atoms with Crippen LogP contribution in [0.1, 0.15) is 142 Å². The van der Waals surface area contributed by atoms with Gasteiger partial charge in [-0.2, -0.15) is 0 Å². The molecule has 0 unspecified atom stereocenters. The number of aliphatic hydroxyl groups excluding tert-OH is 1. The van der Waals surface area contributed by atoms with Crippen LogP contribution in [-0.2, 0) is 17.8 Å². The van der Waals surface area contributed by atoms with Crippen LogP contribution in [0.2, 0.25) is 0 Å². The highest BCUT2D eigenvalue weighted by molar-refractivity contribution is 5.51. The molecule has 3 aromatic rings. The second-order valence-corrected chi connectivity index (χ2v) is 15.7. The van der Waals surface area contributed by atoms with E-state index in [4.69, 9.17) is 9.72 Å². The summed E-state index contributed by atoms with van der Waals surface area (Å²) in [7, 11) is 0. The van der Waals surface area contributed by atoms with E-state index in [-0.39, 0.29) is 42.9 Å². The number of ether oxygens (including phenoxy) is 1. The Morgan fingerprint density at radius 1 is 0.958 bits per heavy atom. The molecule has 2 fully saturated rings. The van der Waals surface area contributed by atoms with Crippen molar-refractivity contribution >= 4 is 5.95 Å². The van der Waals surface area contributed by atoms with Gasteiger partial charge in [0.15, 0.2) is 6.17 Å². The molecular formula is C39H51F3N4O2. The lowest BCUT2D eigenvalue weighted by Gasteiger charge is -2.41. The molecule has 1 aliphatic heterocycles. The van der Waals surface area contributed by atoms with E-state index in [1.165, 1.54) is 0 Å². The molecule has 0 radical (unpaired) electrons. The first-order chi connectivity index (χ1) is 22.8. The summed E-state index contributed by atoms with van der Waals surface area (Å²) in [5.74, 6) is -1.88. The first-order valence-electron chi connectivity index (χ1n) is 17.8. The van der Waals surface area contributed by atoms with Crippen molar-refractivity contribution in [3.8, 4) is 0 Å². The first kappa shape index (κ1) is 34.8. The van der Waals surface area contributed by atoms with Crippen LogP contribution in [0.25, 0.3) is 0 Å². The fourth-order valence-corrected chi connectivity index (χ4v) is 7.96. The van der Waals surface area contributed by atoms with Crippen LogP contribution >= 0.6 is 0 Å². The SMILES string of the molecule is Cc1ccc([C@H](F)c2c(C3CCN(c4ncc(COCC(C)C)cn4)CC3)nc3c(c2C2CCC(F)(F)CC2)[C@@H](O)CC(C)(C)C3)cc1. The summed E-state index contributed by atoms with van der Waals surface area (Å²) in [6, 6.07) is 7.45. The molecule has 1 saturated heterocycles. The van der Waals surface area contributed by atoms with Crippen molar-refractivity contribution < 1.29 is 23.0 Å². The third-order valence-electron chi connectivity index (χ3n) is 10.5. The normalized spacial score (nSPS) is 22.1. The Balaban J connectivity index is 1.36. The lowest BCUT2D eigenvalue weighted by Crippen LogP contribution is -2.36. The van der Waals surface area contributed by atoms with Crippen LogP contribution in [0.5, 0.6) is 0 Å². The van der Waals surface area contributed by atoms with Gasteiger partial charge in [-0.25, -0.2) is 23.1 Å². The van der Waals surface area contributed by atoms with Crippen LogP contribution in [0.3, 0.4) is 0 Å².